The minimum atomic E-state index is -0.479. The molecule has 0 aliphatic rings. The first kappa shape index (κ1) is 8.71. The van der Waals surface area contributed by atoms with Crippen molar-refractivity contribution in [2.75, 3.05) is 0 Å². The first-order valence-electron chi connectivity index (χ1n) is 3.98. The number of benzene rings is 1. The predicted molar refractivity (Wildman–Crippen MR) is 48.8 cm³/mol. The summed E-state index contributed by atoms with van der Waals surface area (Å²) in [6, 6.07) is 4.28. The number of rotatable bonds is 2. The summed E-state index contributed by atoms with van der Waals surface area (Å²) < 4.78 is 5.09. The van der Waals surface area contributed by atoms with Crippen LogP contribution in [0.15, 0.2) is 28.9 Å². The van der Waals surface area contributed by atoms with Crippen molar-refractivity contribution >= 4 is 16.7 Å². The molecule has 0 aliphatic carbocycles. The molecule has 0 spiro atoms. The van der Waals surface area contributed by atoms with Gasteiger partial charge in [0.25, 0.3) is 5.69 Å². The van der Waals surface area contributed by atoms with Crippen molar-refractivity contribution in [3.8, 4) is 0 Å². The molecule has 0 saturated heterocycles. The van der Waals surface area contributed by atoms with Gasteiger partial charge in [0.15, 0.2) is 0 Å². The van der Waals surface area contributed by atoms with E-state index in [1.54, 1.807) is 0 Å². The molecule has 0 aliphatic heterocycles. The van der Waals surface area contributed by atoms with E-state index in [4.69, 9.17) is 9.52 Å². The molecule has 2 rings (SSSR count). The second-order valence-corrected chi connectivity index (χ2v) is 2.86. The average molecular weight is 193 g/mol. The molecule has 1 aromatic carbocycles. The highest BCUT2D eigenvalue weighted by atomic mass is 16.6. The van der Waals surface area contributed by atoms with Crippen LogP contribution < -0.4 is 0 Å². The Balaban J connectivity index is 2.67. The van der Waals surface area contributed by atoms with E-state index in [0.29, 0.717) is 16.5 Å². The maximum Gasteiger partial charge on any atom is 0.270 e. The lowest BCUT2D eigenvalue weighted by molar-refractivity contribution is -0.384. The average Bonchev–Trinajstić information content (AvgIpc) is 2.59. The fraction of sp³-hybridized carbons (Fsp3) is 0.111. The molecule has 0 fully saturated rings. The molecular formula is C9H7NO4. The SMILES string of the molecule is O=[N+]([O-])c1ccc2occ(CO)c2c1. The van der Waals surface area contributed by atoms with E-state index >= 15 is 0 Å². The van der Waals surface area contributed by atoms with Gasteiger partial charge in [0.2, 0.25) is 0 Å². The Hall–Kier alpha value is -1.88. The first-order chi connectivity index (χ1) is 6.72. The molecule has 0 amide bonds. The maximum absolute atomic E-state index is 10.5. The lowest BCUT2D eigenvalue weighted by Crippen LogP contribution is -1.87. The topological polar surface area (TPSA) is 76.5 Å². The van der Waals surface area contributed by atoms with Crippen LogP contribution in [0.4, 0.5) is 5.69 Å². The monoisotopic (exact) mass is 193 g/mol. The number of nitro benzene ring substituents is 1. The molecule has 5 heteroatoms. The second-order valence-electron chi connectivity index (χ2n) is 2.86. The van der Waals surface area contributed by atoms with Gasteiger partial charge in [0.05, 0.1) is 17.8 Å². The summed E-state index contributed by atoms with van der Waals surface area (Å²) in [6.45, 7) is -0.186. The van der Waals surface area contributed by atoms with E-state index in [9.17, 15) is 10.1 Å². The van der Waals surface area contributed by atoms with Crippen molar-refractivity contribution in [2.24, 2.45) is 0 Å². The lowest BCUT2D eigenvalue weighted by atomic mass is 10.2. The molecule has 1 aromatic heterocycles. The standard InChI is InChI=1S/C9H7NO4/c11-4-6-5-14-9-2-1-7(10(12)13)3-8(6)9/h1-3,5,11H,4H2. The summed E-state index contributed by atoms with van der Waals surface area (Å²) in [6.07, 6.45) is 1.40. The van der Waals surface area contributed by atoms with Gasteiger partial charge in [0, 0.05) is 23.1 Å². The number of hydrogen-bond acceptors (Lipinski definition) is 4. The van der Waals surface area contributed by atoms with Crippen molar-refractivity contribution in [2.45, 2.75) is 6.61 Å². The van der Waals surface area contributed by atoms with Crippen molar-refractivity contribution in [3.63, 3.8) is 0 Å². The second kappa shape index (κ2) is 3.12. The molecule has 2 aromatic rings. The molecular weight excluding hydrogens is 186 g/mol. The van der Waals surface area contributed by atoms with Gasteiger partial charge in [-0.05, 0) is 6.07 Å². The Morgan fingerprint density at radius 1 is 1.50 bits per heavy atom. The minimum absolute atomic E-state index is 0.00593. The zero-order valence-corrected chi connectivity index (χ0v) is 7.14. The van der Waals surface area contributed by atoms with Crippen LogP contribution in [0.25, 0.3) is 11.0 Å². The Bertz CT molecular complexity index is 489. The molecule has 1 heterocycles. The van der Waals surface area contributed by atoms with Crippen LogP contribution >= 0.6 is 0 Å². The summed E-state index contributed by atoms with van der Waals surface area (Å²) in [5.41, 5.74) is 1.09. The number of nitrogens with zero attached hydrogens (tertiary/aromatic N) is 1. The number of aliphatic hydroxyl groups excluding tert-OH is 1. The normalized spacial score (nSPS) is 10.6. The van der Waals surface area contributed by atoms with Crippen LogP contribution in [-0.4, -0.2) is 10.0 Å². The zero-order valence-electron chi connectivity index (χ0n) is 7.14. The molecule has 1 N–H and O–H groups in total. The van der Waals surface area contributed by atoms with Crippen LogP contribution in [0, 0.1) is 10.1 Å². The smallest absolute Gasteiger partial charge is 0.270 e. The third-order valence-corrected chi connectivity index (χ3v) is 2.02. The van der Waals surface area contributed by atoms with Crippen molar-refractivity contribution in [3.05, 3.63) is 40.1 Å². The van der Waals surface area contributed by atoms with Crippen molar-refractivity contribution < 1.29 is 14.4 Å². The molecule has 5 nitrogen and oxygen atoms in total. The number of hydrogen-bond donors (Lipinski definition) is 1. The fourth-order valence-electron chi connectivity index (χ4n) is 1.31. The zero-order chi connectivity index (χ0) is 10.1. The summed E-state index contributed by atoms with van der Waals surface area (Å²) in [5.74, 6) is 0. The molecule has 72 valence electrons. The largest absolute Gasteiger partial charge is 0.464 e. The quantitative estimate of drug-likeness (QED) is 0.583. The highest BCUT2D eigenvalue weighted by Crippen LogP contribution is 2.25. The number of fused-ring (bicyclic) bond motifs is 1. The number of non-ortho nitro benzene ring substituents is 1. The molecule has 0 bridgehead atoms. The predicted octanol–water partition coefficient (Wildman–Crippen LogP) is 1.83. The van der Waals surface area contributed by atoms with Crippen LogP contribution in [0.2, 0.25) is 0 Å². The first-order valence-corrected chi connectivity index (χ1v) is 3.98. The van der Waals surface area contributed by atoms with Crippen LogP contribution in [-0.2, 0) is 6.61 Å². The number of furan rings is 1. The van der Waals surface area contributed by atoms with Crippen LogP contribution in [0.5, 0.6) is 0 Å². The van der Waals surface area contributed by atoms with E-state index < -0.39 is 4.92 Å². The molecule has 0 radical (unpaired) electrons. The molecule has 14 heavy (non-hydrogen) atoms. The Labute approximate surface area is 78.7 Å². The summed E-state index contributed by atoms with van der Waals surface area (Å²) in [7, 11) is 0. The van der Waals surface area contributed by atoms with Gasteiger partial charge < -0.3 is 9.52 Å². The van der Waals surface area contributed by atoms with Gasteiger partial charge in [-0.15, -0.1) is 0 Å². The maximum atomic E-state index is 10.5. The van der Waals surface area contributed by atoms with E-state index in [1.165, 1.54) is 24.5 Å². The van der Waals surface area contributed by atoms with Gasteiger partial charge in [-0.1, -0.05) is 0 Å². The molecule has 0 atom stereocenters. The molecule has 0 saturated carbocycles. The summed E-state index contributed by atoms with van der Waals surface area (Å²) in [5, 5.41) is 20.0. The van der Waals surface area contributed by atoms with Crippen molar-refractivity contribution in [1.82, 2.24) is 0 Å². The van der Waals surface area contributed by atoms with E-state index in [2.05, 4.69) is 0 Å². The van der Waals surface area contributed by atoms with Crippen molar-refractivity contribution in [1.29, 1.82) is 0 Å². The van der Waals surface area contributed by atoms with Crippen LogP contribution in [0.3, 0.4) is 0 Å². The fourth-order valence-corrected chi connectivity index (χ4v) is 1.31. The van der Waals surface area contributed by atoms with E-state index in [1.807, 2.05) is 0 Å². The third kappa shape index (κ3) is 1.23. The van der Waals surface area contributed by atoms with E-state index in [-0.39, 0.29) is 12.3 Å². The summed E-state index contributed by atoms with van der Waals surface area (Å²) in [4.78, 5) is 10.00. The molecule has 0 unspecified atom stereocenters. The Morgan fingerprint density at radius 2 is 2.29 bits per heavy atom. The van der Waals surface area contributed by atoms with E-state index in [0.717, 1.165) is 0 Å². The Morgan fingerprint density at radius 3 is 2.93 bits per heavy atom. The van der Waals surface area contributed by atoms with Gasteiger partial charge in [-0.25, -0.2) is 0 Å². The van der Waals surface area contributed by atoms with Gasteiger partial charge in [0.1, 0.15) is 5.58 Å². The highest BCUT2D eigenvalue weighted by molar-refractivity contribution is 5.83. The minimum Gasteiger partial charge on any atom is -0.464 e. The lowest BCUT2D eigenvalue weighted by Gasteiger charge is -1.92. The highest BCUT2D eigenvalue weighted by Gasteiger charge is 2.10. The Kier molecular flexibility index (Phi) is 1.94. The number of aliphatic hydroxyl groups is 1. The summed E-state index contributed by atoms with van der Waals surface area (Å²) >= 11 is 0. The van der Waals surface area contributed by atoms with Gasteiger partial charge in [-0.3, -0.25) is 10.1 Å². The number of nitro groups is 1. The third-order valence-electron chi connectivity index (χ3n) is 2.02. The van der Waals surface area contributed by atoms with Crippen LogP contribution in [0.1, 0.15) is 5.56 Å². The van der Waals surface area contributed by atoms with Gasteiger partial charge in [-0.2, -0.15) is 0 Å². The van der Waals surface area contributed by atoms with Gasteiger partial charge >= 0.3 is 0 Å².